The minimum atomic E-state index is 1.12. The second kappa shape index (κ2) is 5.67. The Balaban J connectivity index is 2.02. The molecule has 0 radical (unpaired) electrons. The molecule has 0 atom stereocenters. The van der Waals surface area contributed by atoms with Gasteiger partial charge in [0.05, 0.1) is 0 Å². The number of benzene rings is 2. The molecule has 0 spiro atoms. The minimum absolute atomic E-state index is 1.12. The molecule has 0 fully saturated rings. The Morgan fingerprint density at radius 2 is 1.35 bits per heavy atom. The molecule has 0 unspecified atom stereocenters. The van der Waals surface area contributed by atoms with E-state index in [9.17, 15) is 0 Å². The minimum Gasteiger partial charge on any atom is -0.0617 e. The smallest absolute Gasteiger partial charge is 0.0238 e. The highest BCUT2D eigenvalue weighted by Gasteiger charge is 1.97. The molecule has 2 aromatic carbocycles. The molecule has 17 heavy (non-hydrogen) atoms. The van der Waals surface area contributed by atoms with Crippen molar-refractivity contribution in [3.63, 3.8) is 0 Å². The Morgan fingerprint density at radius 3 is 2.00 bits per heavy atom. The first-order valence-corrected chi connectivity index (χ1v) is 6.41. The zero-order valence-electron chi connectivity index (χ0n) is 10.7. The van der Waals surface area contributed by atoms with Gasteiger partial charge in [0.1, 0.15) is 0 Å². The van der Waals surface area contributed by atoms with Crippen LogP contribution >= 0.6 is 0 Å². The van der Waals surface area contributed by atoms with Gasteiger partial charge in [0.2, 0.25) is 0 Å². The lowest BCUT2D eigenvalue weighted by Crippen LogP contribution is -1.93. The average Bonchev–Trinajstić information content (AvgIpc) is 2.37. The van der Waals surface area contributed by atoms with E-state index in [0.717, 1.165) is 19.3 Å². The molecule has 2 rings (SSSR count). The third-order valence-electron chi connectivity index (χ3n) is 3.18. The summed E-state index contributed by atoms with van der Waals surface area (Å²) in [5.41, 5.74) is 5.68. The Hall–Kier alpha value is -1.56. The normalized spacial score (nSPS) is 10.5. The predicted octanol–water partition coefficient (Wildman–Crippen LogP) is 4.34. The summed E-state index contributed by atoms with van der Waals surface area (Å²) >= 11 is 0. The highest BCUT2D eigenvalue weighted by atomic mass is 14.0. The Morgan fingerprint density at radius 1 is 0.765 bits per heavy atom. The zero-order valence-corrected chi connectivity index (χ0v) is 10.7. The lowest BCUT2D eigenvalue weighted by Gasteiger charge is -2.05. The molecule has 2 aromatic rings. The second-order valence-corrected chi connectivity index (χ2v) is 4.66. The number of hydrogen-bond donors (Lipinski definition) is 0. The van der Waals surface area contributed by atoms with E-state index in [1.165, 1.54) is 22.3 Å². The molecule has 0 saturated carbocycles. The van der Waals surface area contributed by atoms with Crippen molar-refractivity contribution >= 4 is 0 Å². The van der Waals surface area contributed by atoms with Crippen molar-refractivity contribution in [2.45, 2.75) is 33.1 Å². The van der Waals surface area contributed by atoms with Gasteiger partial charge in [-0.15, -0.1) is 0 Å². The van der Waals surface area contributed by atoms with Crippen LogP contribution in [0.15, 0.2) is 48.5 Å². The van der Waals surface area contributed by atoms with Gasteiger partial charge in [-0.05, 0) is 42.9 Å². The highest BCUT2D eigenvalue weighted by Crippen LogP contribution is 2.11. The molecule has 0 amide bonds. The molecule has 0 nitrogen and oxygen atoms in total. The van der Waals surface area contributed by atoms with Crippen molar-refractivity contribution < 1.29 is 0 Å². The molecule has 0 aromatic heterocycles. The molecule has 0 aliphatic rings. The van der Waals surface area contributed by atoms with E-state index in [-0.39, 0.29) is 0 Å². The van der Waals surface area contributed by atoms with Gasteiger partial charge in [0, 0.05) is 0 Å². The molecular weight excluding hydrogens is 204 g/mol. The summed E-state index contributed by atoms with van der Waals surface area (Å²) in [6.45, 7) is 4.36. The Kier molecular flexibility index (Phi) is 3.98. The summed E-state index contributed by atoms with van der Waals surface area (Å²) in [5, 5.41) is 0. The molecule has 0 bridgehead atoms. The number of rotatable bonds is 4. The monoisotopic (exact) mass is 224 g/mol. The Bertz CT molecular complexity index is 483. The van der Waals surface area contributed by atoms with Crippen LogP contribution in [0.25, 0.3) is 0 Å². The molecule has 0 N–H and O–H groups in total. The maximum Gasteiger partial charge on any atom is -0.0238 e. The van der Waals surface area contributed by atoms with Crippen LogP contribution in [0.2, 0.25) is 0 Å². The van der Waals surface area contributed by atoms with Crippen LogP contribution in [0.3, 0.4) is 0 Å². The van der Waals surface area contributed by atoms with Crippen LogP contribution in [0.5, 0.6) is 0 Å². The molecule has 0 heteroatoms. The van der Waals surface area contributed by atoms with Gasteiger partial charge in [0.25, 0.3) is 0 Å². The molecule has 0 heterocycles. The van der Waals surface area contributed by atoms with Crippen molar-refractivity contribution in [2.24, 2.45) is 0 Å². The van der Waals surface area contributed by atoms with E-state index < -0.39 is 0 Å². The topological polar surface area (TPSA) is 0 Å². The first kappa shape index (κ1) is 11.9. The average molecular weight is 224 g/mol. The van der Waals surface area contributed by atoms with Gasteiger partial charge in [-0.3, -0.25) is 0 Å². The van der Waals surface area contributed by atoms with Crippen molar-refractivity contribution in [1.29, 1.82) is 0 Å². The predicted molar refractivity (Wildman–Crippen MR) is 74.4 cm³/mol. The maximum absolute atomic E-state index is 2.33. The van der Waals surface area contributed by atoms with Crippen LogP contribution in [0, 0.1) is 6.92 Å². The van der Waals surface area contributed by atoms with Crippen LogP contribution in [0.4, 0.5) is 0 Å². The van der Waals surface area contributed by atoms with E-state index >= 15 is 0 Å². The van der Waals surface area contributed by atoms with Crippen LogP contribution in [0.1, 0.15) is 29.2 Å². The third-order valence-corrected chi connectivity index (χ3v) is 3.18. The summed E-state index contributed by atoms with van der Waals surface area (Å²) in [6.07, 6.45) is 3.39. The van der Waals surface area contributed by atoms with Gasteiger partial charge < -0.3 is 0 Å². The van der Waals surface area contributed by atoms with Gasteiger partial charge >= 0.3 is 0 Å². The molecule has 0 aliphatic heterocycles. The number of hydrogen-bond acceptors (Lipinski definition) is 0. The molecule has 0 aliphatic carbocycles. The first-order chi connectivity index (χ1) is 8.28. The number of aryl methyl sites for hydroxylation is 4. The third kappa shape index (κ3) is 3.45. The lowest BCUT2D eigenvalue weighted by molar-refractivity contribution is 0.951. The van der Waals surface area contributed by atoms with Crippen LogP contribution in [-0.2, 0) is 19.3 Å². The van der Waals surface area contributed by atoms with E-state index in [2.05, 4.69) is 62.4 Å². The van der Waals surface area contributed by atoms with E-state index in [4.69, 9.17) is 0 Å². The van der Waals surface area contributed by atoms with E-state index in [1.807, 2.05) is 0 Å². The van der Waals surface area contributed by atoms with Crippen molar-refractivity contribution in [2.75, 3.05) is 0 Å². The molecule has 0 saturated heterocycles. The fourth-order valence-electron chi connectivity index (χ4n) is 2.16. The standard InChI is InChI=1S/C17H20/c1-3-15-7-5-9-17(13-15)11-10-16-8-4-6-14(2)12-16/h4-9,12-13H,3,10-11H2,1-2H3. The van der Waals surface area contributed by atoms with Crippen molar-refractivity contribution in [3.8, 4) is 0 Å². The maximum atomic E-state index is 2.33. The fourth-order valence-corrected chi connectivity index (χ4v) is 2.16. The largest absolute Gasteiger partial charge is 0.0617 e. The van der Waals surface area contributed by atoms with Gasteiger partial charge in [-0.25, -0.2) is 0 Å². The van der Waals surface area contributed by atoms with E-state index in [0.29, 0.717) is 0 Å². The molecule has 88 valence electrons. The van der Waals surface area contributed by atoms with Crippen molar-refractivity contribution in [1.82, 2.24) is 0 Å². The zero-order chi connectivity index (χ0) is 12.1. The van der Waals surface area contributed by atoms with Crippen LogP contribution < -0.4 is 0 Å². The molecular formula is C17H20. The van der Waals surface area contributed by atoms with Crippen LogP contribution in [-0.4, -0.2) is 0 Å². The summed E-state index contributed by atoms with van der Waals surface area (Å²) < 4.78 is 0. The quantitative estimate of drug-likeness (QED) is 0.724. The second-order valence-electron chi connectivity index (χ2n) is 4.66. The fraction of sp³-hybridized carbons (Fsp3) is 0.294. The van der Waals surface area contributed by atoms with Gasteiger partial charge in [-0.1, -0.05) is 61.0 Å². The lowest BCUT2D eigenvalue weighted by atomic mass is 10.0. The van der Waals surface area contributed by atoms with Gasteiger partial charge in [-0.2, -0.15) is 0 Å². The van der Waals surface area contributed by atoms with E-state index in [1.54, 1.807) is 0 Å². The summed E-state index contributed by atoms with van der Waals surface area (Å²) in [4.78, 5) is 0. The van der Waals surface area contributed by atoms with Gasteiger partial charge in [0.15, 0.2) is 0 Å². The SMILES string of the molecule is CCc1cccc(CCc2cccc(C)c2)c1. The Labute approximate surface area is 104 Å². The van der Waals surface area contributed by atoms with Crippen molar-refractivity contribution in [3.05, 3.63) is 70.8 Å². The summed E-state index contributed by atoms with van der Waals surface area (Å²) in [7, 11) is 0. The first-order valence-electron chi connectivity index (χ1n) is 6.41. The summed E-state index contributed by atoms with van der Waals surface area (Å²) in [6, 6.07) is 17.7. The summed E-state index contributed by atoms with van der Waals surface area (Å²) in [5.74, 6) is 0. The highest BCUT2D eigenvalue weighted by molar-refractivity contribution is 5.26.